The molecule has 0 spiro atoms. The number of allylic oxidation sites excluding steroid dienone is 2. The van der Waals surface area contributed by atoms with Crippen LogP contribution in [0.2, 0.25) is 0 Å². The van der Waals surface area contributed by atoms with Crippen LogP contribution in [0.1, 0.15) is 56.7 Å². The lowest BCUT2D eigenvalue weighted by Gasteiger charge is -2.09. The second-order valence-corrected chi connectivity index (χ2v) is 10.7. The first-order chi connectivity index (χ1) is 13.6. The predicted octanol–water partition coefficient (Wildman–Crippen LogP) is 5.81. The highest BCUT2D eigenvalue weighted by atomic mass is 32.2. The van der Waals surface area contributed by atoms with E-state index in [-0.39, 0.29) is 11.6 Å². The fraction of sp³-hybridized carbons (Fsp3) is 0.440. The number of hydrogen-bond donors (Lipinski definition) is 0. The first-order valence-electron chi connectivity index (χ1n) is 10.4. The molecule has 0 bridgehead atoms. The van der Waals surface area contributed by atoms with Crippen molar-refractivity contribution in [3.63, 3.8) is 0 Å². The molecule has 2 aromatic rings. The Kier molecular flexibility index (Phi) is 6.35. The maximum Gasteiger partial charge on any atom is 0.243 e. The quantitative estimate of drug-likeness (QED) is 0.406. The van der Waals surface area contributed by atoms with Crippen molar-refractivity contribution in [1.82, 2.24) is 4.31 Å². The predicted molar refractivity (Wildman–Crippen MR) is 121 cm³/mol. The van der Waals surface area contributed by atoms with Crippen LogP contribution in [0.15, 0.2) is 65.1 Å². The molecule has 1 aliphatic heterocycles. The van der Waals surface area contributed by atoms with Crippen molar-refractivity contribution < 1.29 is 8.42 Å². The molecule has 4 heteroatoms. The van der Waals surface area contributed by atoms with Gasteiger partial charge in [0.1, 0.15) is 0 Å². The molecule has 29 heavy (non-hydrogen) atoms. The maximum atomic E-state index is 13.0. The second-order valence-electron chi connectivity index (χ2n) is 8.90. The van der Waals surface area contributed by atoms with Crippen LogP contribution in [-0.2, 0) is 16.4 Å². The summed E-state index contributed by atoms with van der Waals surface area (Å²) in [4.78, 5) is 0.393. The van der Waals surface area contributed by atoms with E-state index in [0.717, 1.165) is 31.2 Å². The van der Waals surface area contributed by atoms with E-state index in [2.05, 4.69) is 44.2 Å². The Morgan fingerprint density at radius 3 is 2.14 bits per heavy atom. The summed E-state index contributed by atoms with van der Waals surface area (Å²) in [6.45, 7) is 10.3. The Bertz CT molecular complexity index is 970. The molecule has 1 saturated heterocycles. The topological polar surface area (TPSA) is 37.1 Å². The van der Waals surface area contributed by atoms with Crippen molar-refractivity contribution in [2.24, 2.45) is 0 Å². The highest BCUT2D eigenvalue weighted by molar-refractivity contribution is 7.89. The van der Waals surface area contributed by atoms with Crippen molar-refractivity contribution in [2.45, 2.75) is 76.8 Å². The highest BCUT2D eigenvalue weighted by Crippen LogP contribution is 2.48. The lowest BCUT2D eigenvalue weighted by atomic mass is 10.0. The van der Waals surface area contributed by atoms with Crippen molar-refractivity contribution in [3.05, 3.63) is 76.9 Å². The molecule has 0 amide bonds. The van der Waals surface area contributed by atoms with Gasteiger partial charge >= 0.3 is 0 Å². The maximum absolute atomic E-state index is 13.0. The summed E-state index contributed by atoms with van der Waals surface area (Å²) in [5.74, 6) is 0. The summed E-state index contributed by atoms with van der Waals surface area (Å²) in [5, 5.41) is 0. The van der Waals surface area contributed by atoms with Gasteiger partial charge in [-0.3, -0.25) is 0 Å². The van der Waals surface area contributed by atoms with E-state index >= 15 is 0 Å². The molecule has 1 aliphatic rings. The minimum absolute atomic E-state index is 0.0641. The van der Waals surface area contributed by atoms with Gasteiger partial charge < -0.3 is 0 Å². The molecule has 2 unspecified atom stereocenters. The Morgan fingerprint density at radius 1 is 1.00 bits per heavy atom. The van der Waals surface area contributed by atoms with Gasteiger partial charge in [0.25, 0.3) is 0 Å². The van der Waals surface area contributed by atoms with E-state index in [1.807, 2.05) is 32.9 Å². The average molecular weight is 412 g/mol. The summed E-state index contributed by atoms with van der Waals surface area (Å²) in [5.41, 5.74) is 4.74. The molecule has 2 atom stereocenters. The monoisotopic (exact) mass is 411 g/mol. The Labute approximate surface area is 176 Å². The lowest BCUT2D eigenvalue weighted by Crippen LogP contribution is -2.18. The first kappa shape index (κ1) is 21.8. The number of sulfonamides is 1. The molecule has 3 rings (SSSR count). The standard InChI is InChI=1S/C25H33NO2S/c1-19(7-6-8-22-14-9-20(2)10-15-22)13-18-24-25(4,5)26(24)29(27,28)23-16-11-21(3)12-17-23/h7,9-12,14-17,24H,6,8,13,18H2,1-5H3/b19-7+. The molecule has 0 N–H and O–H groups in total. The average Bonchev–Trinajstić information content (AvgIpc) is 3.23. The Hall–Kier alpha value is -1.91. The van der Waals surface area contributed by atoms with Crippen LogP contribution in [-0.4, -0.2) is 24.3 Å². The third-order valence-corrected chi connectivity index (χ3v) is 8.15. The number of benzene rings is 2. The van der Waals surface area contributed by atoms with E-state index in [9.17, 15) is 8.42 Å². The summed E-state index contributed by atoms with van der Waals surface area (Å²) >= 11 is 0. The molecule has 0 radical (unpaired) electrons. The van der Waals surface area contributed by atoms with E-state index in [1.165, 1.54) is 16.7 Å². The number of rotatable bonds is 8. The van der Waals surface area contributed by atoms with Gasteiger partial charge in [-0.2, -0.15) is 4.31 Å². The molecule has 1 heterocycles. The molecule has 0 saturated carbocycles. The van der Waals surface area contributed by atoms with Crippen LogP contribution in [0, 0.1) is 13.8 Å². The Balaban J connectivity index is 1.56. The normalized spacial score (nSPS) is 21.2. The zero-order valence-corrected chi connectivity index (χ0v) is 19.1. The molecule has 0 aliphatic carbocycles. The van der Waals surface area contributed by atoms with E-state index in [0.29, 0.717) is 4.90 Å². The summed E-state index contributed by atoms with van der Waals surface area (Å²) in [7, 11) is -3.43. The zero-order valence-electron chi connectivity index (χ0n) is 18.3. The van der Waals surface area contributed by atoms with Crippen molar-refractivity contribution in [1.29, 1.82) is 0 Å². The van der Waals surface area contributed by atoms with E-state index in [1.54, 1.807) is 16.4 Å². The summed E-state index contributed by atoms with van der Waals surface area (Å²) < 4.78 is 27.8. The van der Waals surface area contributed by atoms with Crippen LogP contribution < -0.4 is 0 Å². The minimum Gasteiger partial charge on any atom is -0.207 e. The molecule has 1 fully saturated rings. The largest absolute Gasteiger partial charge is 0.243 e. The fourth-order valence-electron chi connectivity index (χ4n) is 4.01. The third-order valence-electron chi connectivity index (χ3n) is 6.04. The smallest absolute Gasteiger partial charge is 0.207 e. The number of hydrogen-bond acceptors (Lipinski definition) is 2. The van der Waals surface area contributed by atoms with Crippen LogP contribution in [0.25, 0.3) is 0 Å². The van der Waals surface area contributed by atoms with Gasteiger partial charge in [-0.15, -0.1) is 0 Å². The van der Waals surface area contributed by atoms with Crippen LogP contribution in [0.3, 0.4) is 0 Å². The second kappa shape index (κ2) is 8.45. The van der Waals surface area contributed by atoms with Crippen LogP contribution in [0.4, 0.5) is 0 Å². The summed E-state index contributed by atoms with van der Waals surface area (Å²) in [6.07, 6.45) is 6.16. The van der Waals surface area contributed by atoms with Gasteiger partial charge in [-0.1, -0.05) is 59.2 Å². The van der Waals surface area contributed by atoms with Gasteiger partial charge in [0.2, 0.25) is 10.0 Å². The molecule has 0 aromatic heterocycles. The molecular formula is C25H33NO2S. The molecule has 156 valence electrons. The summed E-state index contributed by atoms with van der Waals surface area (Å²) in [6, 6.07) is 15.9. The van der Waals surface area contributed by atoms with Crippen molar-refractivity contribution >= 4 is 10.0 Å². The van der Waals surface area contributed by atoms with Crippen molar-refractivity contribution in [3.8, 4) is 0 Å². The van der Waals surface area contributed by atoms with Crippen LogP contribution in [0.5, 0.6) is 0 Å². The van der Waals surface area contributed by atoms with E-state index < -0.39 is 10.0 Å². The molecule has 3 nitrogen and oxygen atoms in total. The van der Waals surface area contributed by atoms with Gasteiger partial charge in [0, 0.05) is 11.6 Å². The number of aryl methyl sites for hydroxylation is 3. The third kappa shape index (κ3) is 4.99. The Morgan fingerprint density at radius 2 is 1.55 bits per heavy atom. The SMILES string of the molecule is C/C(=C\CCc1ccc(C)cc1)CCC1N(S(=O)(=O)c2ccc(C)cc2)C1(C)C. The fourth-order valence-corrected chi connectivity index (χ4v) is 6.11. The lowest BCUT2D eigenvalue weighted by molar-refractivity contribution is 0.525. The van der Waals surface area contributed by atoms with Gasteiger partial charge in [-0.05, 0) is 78.0 Å². The van der Waals surface area contributed by atoms with E-state index in [4.69, 9.17) is 0 Å². The van der Waals surface area contributed by atoms with Gasteiger partial charge in [-0.25, -0.2) is 8.42 Å². The molecular weight excluding hydrogens is 378 g/mol. The highest BCUT2D eigenvalue weighted by Gasteiger charge is 2.61. The van der Waals surface area contributed by atoms with Crippen molar-refractivity contribution in [2.75, 3.05) is 0 Å². The number of nitrogens with zero attached hydrogens (tertiary/aromatic N) is 1. The van der Waals surface area contributed by atoms with Gasteiger partial charge in [0.05, 0.1) is 4.90 Å². The zero-order chi connectivity index (χ0) is 21.2. The minimum atomic E-state index is -3.43. The van der Waals surface area contributed by atoms with Crippen LogP contribution >= 0.6 is 0 Å². The molecule has 2 aromatic carbocycles. The first-order valence-corrected chi connectivity index (χ1v) is 11.9. The van der Waals surface area contributed by atoms with Gasteiger partial charge in [0.15, 0.2) is 0 Å².